The van der Waals surface area contributed by atoms with Crippen LogP contribution in [0.1, 0.15) is 25.5 Å². The van der Waals surface area contributed by atoms with E-state index in [-0.39, 0.29) is 0 Å². The lowest BCUT2D eigenvalue weighted by molar-refractivity contribution is 0.119. The third-order valence-corrected chi connectivity index (χ3v) is 4.33. The summed E-state index contributed by atoms with van der Waals surface area (Å²) in [5.41, 5.74) is 3.33. The van der Waals surface area contributed by atoms with Crippen molar-refractivity contribution in [3.63, 3.8) is 0 Å². The lowest BCUT2D eigenvalue weighted by atomic mass is 10.0. The van der Waals surface area contributed by atoms with Crippen LogP contribution in [0.3, 0.4) is 0 Å². The van der Waals surface area contributed by atoms with Gasteiger partial charge in [0, 0.05) is 11.0 Å². The maximum absolute atomic E-state index is 10.3. The Morgan fingerprint density at radius 3 is 1.86 bits per heavy atom. The smallest absolute Gasteiger partial charge is 0.0916 e. The zero-order valence-corrected chi connectivity index (χ0v) is 14.2. The van der Waals surface area contributed by atoms with Crippen LogP contribution in [0.15, 0.2) is 53.0 Å². The van der Waals surface area contributed by atoms with E-state index < -0.39 is 6.10 Å². The molecule has 0 heterocycles. The zero-order valence-electron chi connectivity index (χ0n) is 12.6. The first kappa shape index (κ1) is 16.2. The molecule has 0 aliphatic carbocycles. The van der Waals surface area contributed by atoms with Gasteiger partial charge in [-0.2, -0.15) is 0 Å². The summed E-state index contributed by atoms with van der Waals surface area (Å²) < 4.78 is 1.08. The number of likely N-dealkylation sites (N-methyl/N-ethyl adjacent to an activating group) is 1. The van der Waals surface area contributed by atoms with Gasteiger partial charge in [-0.3, -0.25) is 0 Å². The molecule has 0 aliphatic rings. The summed E-state index contributed by atoms with van der Waals surface area (Å²) >= 11 is 3.45. The number of halogens is 1. The number of nitrogens with zero attached hydrogens (tertiary/aromatic N) is 1. The van der Waals surface area contributed by atoms with Crippen molar-refractivity contribution >= 4 is 15.9 Å². The number of benzene rings is 2. The predicted molar refractivity (Wildman–Crippen MR) is 92.3 cm³/mol. The molecule has 2 aromatic rings. The second-order valence-corrected chi connectivity index (χ2v) is 6.05. The molecule has 1 atom stereocenters. The maximum Gasteiger partial charge on any atom is 0.0916 e. The van der Waals surface area contributed by atoms with E-state index in [1.807, 2.05) is 24.3 Å². The molecule has 0 aromatic heterocycles. The second-order valence-electron chi connectivity index (χ2n) is 5.13. The van der Waals surface area contributed by atoms with Gasteiger partial charge in [0.1, 0.15) is 0 Å². The van der Waals surface area contributed by atoms with Gasteiger partial charge < -0.3 is 10.0 Å². The average Bonchev–Trinajstić information content (AvgIpc) is 2.53. The second kappa shape index (κ2) is 7.74. The van der Waals surface area contributed by atoms with E-state index in [0.29, 0.717) is 6.54 Å². The van der Waals surface area contributed by atoms with Crippen LogP contribution in [-0.2, 0) is 0 Å². The standard InChI is InChI=1S/C18H22BrNO/c1-3-20(4-2)13-18(21)16-7-5-14(6-8-16)15-9-11-17(19)12-10-15/h5-12,18,21H,3-4,13H2,1-2H3/t18-/m1/s1. The predicted octanol–water partition coefficient (Wildman–Crippen LogP) is 4.49. The van der Waals surface area contributed by atoms with E-state index >= 15 is 0 Å². The Morgan fingerprint density at radius 2 is 1.38 bits per heavy atom. The van der Waals surface area contributed by atoms with Gasteiger partial charge in [0.05, 0.1) is 6.10 Å². The van der Waals surface area contributed by atoms with Crippen molar-refractivity contribution in [3.05, 3.63) is 58.6 Å². The highest BCUT2D eigenvalue weighted by molar-refractivity contribution is 9.10. The molecule has 0 saturated carbocycles. The van der Waals surface area contributed by atoms with Crippen LogP contribution in [0.2, 0.25) is 0 Å². The highest BCUT2D eigenvalue weighted by Crippen LogP contribution is 2.24. The molecule has 0 radical (unpaired) electrons. The van der Waals surface area contributed by atoms with E-state index in [9.17, 15) is 5.11 Å². The molecule has 0 unspecified atom stereocenters. The van der Waals surface area contributed by atoms with Gasteiger partial charge >= 0.3 is 0 Å². The van der Waals surface area contributed by atoms with Crippen molar-refractivity contribution in [2.75, 3.05) is 19.6 Å². The monoisotopic (exact) mass is 347 g/mol. The lowest BCUT2D eigenvalue weighted by Crippen LogP contribution is -2.28. The van der Waals surface area contributed by atoms with Crippen molar-refractivity contribution in [2.24, 2.45) is 0 Å². The highest BCUT2D eigenvalue weighted by Gasteiger charge is 2.11. The molecular formula is C18H22BrNO. The third-order valence-electron chi connectivity index (χ3n) is 3.80. The van der Waals surface area contributed by atoms with Gasteiger partial charge in [-0.1, -0.05) is 66.2 Å². The molecule has 2 aromatic carbocycles. The van der Waals surface area contributed by atoms with Gasteiger partial charge in [-0.15, -0.1) is 0 Å². The first-order valence-corrected chi connectivity index (χ1v) is 8.19. The zero-order chi connectivity index (χ0) is 15.2. The third kappa shape index (κ3) is 4.40. The number of aliphatic hydroxyl groups is 1. The Morgan fingerprint density at radius 1 is 0.905 bits per heavy atom. The summed E-state index contributed by atoms with van der Waals surface area (Å²) in [5, 5.41) is 10.3. The van der Waals surface area contributed by atoms with Crippen molar-refractivity contribution in [2.45, 2.75) is 20.0 Å². The van der Waals surface area contributed by atoms with Crippen molar-refractivity contribution in [3.8, 4) is 11.1 Å². The summed E-state index contributed by atoms with van der Waals surface area (Å²) in [5.74, 6) is 0. The molecule has 3 heteroatoms. The fraction of sp³-hybridized carbons (Fsp3) is 0.333. The number of hydrogen-bond acceptors (Lipinski definition) is 2. The number of aliphatic hydroxyl groups excluding tert-OH is 1. The molecule has 0 aliphatic heterocycles. The fourth-order valence-corrected chi connectivity index (χ4v) is 2.64. The van der Waals surface area contributed by atoms with Crippen LogP contribution in [-0.4, -0.2) is 29.6 Å². The lowest BCUT2D eigenvalue weighted by Gasteiger charge is -2.22. The summed E-state index contributed by atoms with van der Waals surface area (Å²) in [6, 6.07) is 16.4. The van der Waals surface area contributed by atoms with Crippen LogP contribution in [0, 0.1) is 0 Å². The summed E-state index contributed by atoms with van der Waals surface area (Å²) in [6.07, 6.45) is -0.427. The summed E-state index contributed by atoms with van der Waals surface area (Å²) in [4.78, 5) is 2.23. The summed E-state index contributed by atoms with van der Waals surface area (Å²) in [7, 11) is 0. The fourth-order valence-electron chi connectivity index (χ4n) is 2.37. The van der Waals surface area contributed by atoms with E-state index in [2.05, 4.69) is 58.9 Å². The van der Waals surface area contributed by atoms with Crippen LogP contribution in [0.5, 0.6) is 0 Å². The van der Waals surface area contributed by atoms with Gasteiger partial charge in [-0.25, -0.2) is 0 Å². The van der Waals surface area contributed by atoms with Crippen molar-refractivity contribution < 1.29 is 5.11 Å². The normalized spacial score (nSPS) is 12.6. The first-order chi connectivity index (χ1) is 10.1. The van der Waals surface area contributed by atoms with Crippen LogP contribution >= 0.6 is 15.9 Å². The molecule has 2 nitrogen and oxygen atoms in total. The van der Waals surface area contributed by atoms with E-state index in [1.54, 1.807) is 0 Å². The molecule has 0 amide bonds. The Bertz CT molecular complexity index is 546. The molecule has 21 heavy (non-hydrogen) atoms. The van der Waals surface area contributed by atoms with Crippen molar-refractivity contribution in [1.82, 2.24) is 4.90 Å². The Hall–Kier alpha value is -1.16. The SMILES string of the molecule is CCN(CC)C[C@@H](O)c1ccc(-c2ccc(Br)cc2)cc1. The van der Waals surface area contributed by atoms with E-state index in [4.69, 9.17) is 0 Å². The molecule has 2 rings (SSSR count). The van der Waals surface area contributed by atoms with Gasteiger partial charge in [0.2, 0.25) is 0 Å². The minimum absolute atomic E-state index is 0.427. The van der Waals surface area contributed by atoms with Crippen LogP contribution < -0.4 is 0 Å². The van der Waals surface area contributed by atoms with Crippen molar-refractivity contribution in [1.29, 1.82) is 0 Å². The van der Waals surface area contributed by atoms with Crippen LogP contribution in [0.25, 0.3) is 11.1 Å². The van der Waals surface area contributed by atoms with Gasteiger partial charge in [0.15, 0.2) is 0 Å². The summed E-state index contributed by atoms with van der Waals surface area (Å²) in [6.45, 7) is 6.85. The first-order valence-electron chi connectivity index (χ1n) is 7.40. The maximum atomic E-state index is 10.3. The van der Waals surface area contributed by atoms with Gasteiger partial charge in [0.25, 0.3) is 0 Å². The topological polar surface area (TPSA) is 23.5 Å². The molecule has 0 bridgehead atoms. The molecule has 0 fully saturated rings. The van der Waals surface area contributed by atoms with E-state index in [1.165, 1.54) is 11.1 Å². The van der Waals surface area contributed by atoms with E-state index in [0.717, 1.165) is 23.1 Å². The molecule has 0 spiro atoms. The molecule has 0 saturated heterocycles. The number of hydrogen-bond donors (Lipinski definition) is 1. The highest BCUT2D eigenvalue weighted by atomic mass is 79.9. The molecular weight excluding hydrogens is 326 g/mol. The molecule has 112 valence electrons. The Labute approximate surface area is 135 Å². The molecule has 1 N–H and O–H groups in total. The quantitative estimate of drug-likeness (QED) is 0.831. The Kier molecular flexibility index (Phi) is 5.97. The van der Waals surface area contributed by atoms with Gasteiger partial charge in [-0.05, 0) is 41.9 Å². The van der Waals surface area contributed by atoms with Crippen LogP contribution in [0.4, 0.5) is 0 Å². The Balaban J connectivity index is 2.09. The average molecular weight is 348 g/mol. The minimum Gasteiger partial charge on any atom is -0.387 e. The number of rotatable bonds is 6. The minimum atomic E-state index is -0.427. The largest absolute Gasteiger partial charge is 0.387 e.